The van der Waals surface area contributed by atoms with Crippen molar-refractivity contribution >= 4 is 17.5 Å². The Kier molecular flexibility index (Phi) is 4.88. The van der Waals surface area contributed by atoms with Gasteiger partial charge in [-0.3, -0.25) is 14.3 Å². The predicted octanol–water partition coefficient (Wildman–Crippen LogP) is 2.61. The van der Waals surface area contributed by atoms with Crippen LogP contribution < -0.4 is 5.32 Å². The van der Waals surface area contributed by atoms with Crippen LogP contribution in [-0.2, 0) is 9.59 Å². The lowest BCUT2D eigenvalue weighted by atomic mass is 10.2. The van der Waals surface area contributed by atoms with Crippen LogP contribution in [0.1, 0.15) is 35.8 Å². The van der Waals surface area contributed by atoms with Crippen molar-refractivity contribution in [2.75, 3.05) is 18.4 Å². The molecule has 132 valence electrons. The summed E-state index contributed by atoms with van der Waals surface area (Å²) in [6.45, 7) is 7.20. The molecule has 1 fully saturated rings. The highest BCUT2D eigenvalue weighted by molar-refractivity contribution is 6.03. The van der Waals surface area contributed by atoms with Crippen molar-refractivity contribution in [2.24, 2.45) is 0 Å². The number of carbonyl (C=O) groups is 2. The molecule has 0 saturated carbocycles. The molecule has 3 rings (SSSR count). The number of amides is 2. The molecule has 0 radical (unpaired) electrons. The highest BCUT2D eigenvalue weighted by Gasteiger charge is 2.29. The second-order valence-electron chi connectivity index (χ2n) is 6.69. The van der Waals surface area contributed by atoms with Gasteiger partial charge in [0.2, 0.25) is 11.8 Å². The van der Waals surface area contributed by atoms with E-state index in [-0.39, 0.29) is 24.3 Å². The molecule has 1 aliphatic rings. The van der Waals surface area contributed by atoms with Gasteiger partial charge in [-0.15, -0.1) is 0 Å². The lowest BCUT2D eigenvalue weighted by molar-refractivity contribution is -0.133. The number of carbonyl (C=O) groups excluding carboxylic acids is 2. The Morgan fingerprint density at radius 1 is 1.24 bits per heavy atom. The average Bonchev–Trinajstić information content (AvgIpc) is 3.16. The average molecular weight is 340 g/mol. The molecule has 1 N–H and O–H groups in total. The fourth-order valence-corrected chi connectivity index (χ4v) is 3.34. The van der Waals surface area contributed by atoms with E-state index >= 15 is 0 Å². The van der Waals surface area contributed by atoms with Gasteiger partial charge in [0.1, 0.15) is 6.42 Å². The van der Waals surface area contributed by atoms with Crippen LogP contribution in [0.25, 0.3) is 0 Å². The first-order valence-corrected chi connectivity index (χ1v) is 8.60. The number of anilines is 1. The number of aryl methyl sites for hydroxylation is 3. The number of benzene rings is 1. The summed E-state index contributed by atoms with van der Waals surface area (Å²) >= 11 is 0. The quantitative estimate of drug-likeness (QED) is 0.870. The van der Waals surface area contributed by atoms with Gasteiger partial charge in [0, 0.05) is 24.5 Å². The van der Waals surface area contributed by atoms with Crippen molar-refractivity contribution in [1.82, 2.24) is 14.7 Å². The molecule has 1 aromatic carbocycles. The van der Waals surface area contributed by atoms with Crippen LogP contribution in [0.5, 0.6) is 0 Å². The first-order chi connectivity index (χ1) is 11.9. The third kappa shape index (κ3) is 3.90. The maximum absolute atomic E-state index is 12.4. The van der Waals surface area contributed by atoms with Gasteiger partial charge in [0.25, 0.3) is 0 Å². The molecule has 1 saturated heterocycles. The highest BCUT2D eigenvalue weighted by atomic mass is 16.2. The lowest BCUT2D eigenvalue weighted by Gasteiger charge is -2.17. The Morgan fingerprint density at radius 2 is 2.00 bits per heavy atom. The van der Waals surface area contributed by atoms with E-state index in [2.05, 4.69) is 10.4 Å². The van der Waals surface area contributed by atoms with Crippen LogP contribution in [-0.4, -0.2) is 39.6 Å². The molecule has 0 spiro atoms. The van der Waals surface area contributed by atoms with Crippen LogP contribution in [0, 0.1) is 20.8 Å². The number of hydrogen-bond acceptors (Lipinski definition) is 3. The molecule has 1 aliphatic heterocycles. The van der Waals surface area contributed by atoms with E-state index in [1.807, 2.05) is 55.8 Å². The summed E-state index contributed by atoms with van der Waals surface area (Å²) in [6.07, 6.45) is 0.741. The molecule has 6 nitrogen and oxygen atoms in total. The molecule has 0 aliphatic carbocycles. The Balaban J connectivity index is 1.56. The monoisotopic (exact) mass is 340 g/mol. The first kappa shape index (κ1) is 17.2. The molecule has 1 atom stereocenters. The lowest BCUT2D eigenvalue weighted by Crippen LogP contribution is -2.32. The largest absolute Gasteiger partial charge is 0.340 e. The SMILES string of the molecule is Cc1cc(C)n([C@H]2CCN(C(=O)CC(=O)Nc3ccccc3C)C2)n1. The number of para-hydroxylation sites is 1. The van der Waals surface area contributed by atoms with E-state index in [1.54, 1.807) is 4.90 Å². The van der Waals surface area contributed by atoms with Crippen molar-refractivity contribution in [2.45, 2.75) is 39.7 Å². The van der Waals surface area contributed by atoms with Gasteiger partial charge in [-0.1, -0.05) is 18.2 Å². The number of aromatic nitrogens is 2. The van der Waals surface area contributed by atoms with Crippen molar-refractivity contribution in [3.05, 3.63) is 47.3 Å². The first-order valence-electron chi connectivity index (χ1n) is 8.60. The second-order valence-corrected chi connectivity index (χ2v) is 6.69. The van der Waals surface area contributed by atoms with Gasteiger partial charge >= 0.3 is 0 Å². The summed E-state index contributed by atoms with van der Waals surface area (Å²) in [5.74, 6) is -0.399. The minimum absolute atomic E-state index is 0.127. The van der Waals surface area contributed by atoms with Crippen molar-refractivity contribution < 1.29 is 9.59 Å². The summed E-state index contributed by atoms with van der Waals surface area (Å²) in [6, 6.07) is 9.78. The van der Waals surface area contributed by atoms with E-state index in [4.69, 9.17) is 0 Å². The van der Waals surface area contributed by atoms with E-state index in [9.17, 15) is 9.59 Å². The normalized spacial score (nSPS) is 16.9. The third-order valence-corrected chi connectivity index (χ3v) is 4.64. The molecule has 0 unspecified atom stereocenters. The molecule has 2 heterocycles. The molecule has 1 aromatic heterocycles. The zero-order valence-corrected chi connectivity index (χ0v) is 15.0. The summed E-state index contributed by atoms with van der Waals surface area (Å²) in [5.41, 5.74) is 3.82. The number of rotatable bonds is 4. The number of nitrogens with zero attached hydrogens (tertiary/aromatic N) is 3. The smallest absolute Gasteiger partial charge is 0.233 e. The summed E-state index contributed by atoms with van der Waals surface area (Å²) in [4.78, 5) is 26.4. The minimum atomic E-state index is -0.270. The standard InChI is InChI=1S/C19H24N4O2/c1-13-6-4-5-7-17(13)20-18(24)11-19(25)22-9-8-16(12-22)23-15(3)10-14(2)21-23/h4-7,10,16H,8-9,11-12H2,1-3H3,(H,20,24)/t16-/m0/s1. The molecular formula is C19H24N4O2. The minimum Gasteiger partial charge on any atom is -0.340 e. The molecule has 2 aromatic rings. The van der Waals surface area contributed by atoms with Crippen molar-refractivity contribution in [3.8, 4) is 0 Å². The van der Waals surface area contributed by atoms with Gasteiger partial charge in [0.15, 0.2) is 0 Å². The van der Waals surface area contributed by atoms with E-state index < -0.39 is 0 Å². The maximum Gasteiger partial charge on any atom is 0.233 e. The van der Waals surface area contributed by atoms with Gasteiger partial charge < -0.3 is 10.2 Å². The second kappa shape index (κ2) is 7.09. The fourth-order valence-electron chi connectivity index (χ4n) is 3.34. The fraction of sp³-hybridized carbons (Fsp3) is 0.421. The van der Waals surface area contributed by atoms with Crippen LogP contribution in [0.15, 0.2) is 30.3 Å². The Morgan fingerprint density at radius 3 is 2.68 bits per heavy atom. The molecule has 6 heteroatoms. The zero-order chi connectivity index (χ0) is 18.0. The van der Waals surface area contributed by atoms with Gasteiger partial charge in [-0.05, 0) is 44.9 Å². The van der Waals surface area contributed by atoms with Crippen LogP contribution in [0.3, 0.4) is 0 Å². The van der Waals surface area contributed by atoms with Gasteiger partial charge in [-0.2, -0.15) is 5.10 Å². The van der Waals surface area contributed by atoms with Gasteiger partial charge in [0.05, 0.1) is 11.7 Å². The summed E-state index contributed by atoms with van der Waals surface area (Å²) in [7, 11) is 0. The zero-order valence-electron chi connectivity index (χ0n) is 15.0. The predicted molar refractivity (Wildman–Crippen MR) is 96.4 cm³/mol. The summed E-state index contributed by atoms with van der Waals surface area (Å²) < 4.78 is 2.00. The Labute approximate surface area is 147 Å². The van der Waals surface area contributed by atoms with E-state index in [0.29, 0.717) is 13.1 Å². The number of hydrogen-bond donors (Lipinski definition) is 1. The third-order valence-electron chi connectivity index (χ3n) is 4.64. The molecule has 25 heavy (non-hydrogen) atoms. The van der Waals surface area contributed by atoms with Crippen molar-refractivity contribution in [3.63, 3.8) is 0 Å². The van der Waals surface area contributed by atoms with Crippen LogP contribution in [0.2, 0.25) is 0 Å². The maximum atomic E-state index is 12.4. The molecular weight excluding hydrogens is 316 g/mol. The Hall–Kier alpha value is -2.63. The summed E-state index contributed by atoms with van der Waals surface area (Å²) in [5, 5.41) is 7.33. The van der Waals surface area contributed by atoms with Gasteiger partial charge in [-0.25, -0.2) is 0 Å². The van der Waals surface area contributed by atoms with Crippen LogP contribution in [0.4, 0.5) is 5.69 Å². The van der Waals surface area contributed by atoms with E-state index in [0.717, 1.165) is 29.1 Å². The number of likely N-dealkylation sites (tertiary alicyclic amines) is 1. The Bertz CT molecular complexity index is 796. The molecule has 2 amide bonds. The highest BCUT2D eigenvalue weighted by Crippen LogP contribution is 2.23. The van der Waals surface area contributed by atoms with Crippen molar-refractivity contribution in [1.29, 1.82) is 0 Å². The topological polar surface area (TPSA) is 67.2 Å². The van der Waals surface area contributed by atoms with Crippen LogP contribution >= 0.6 is 0 Å². The molecule has 0 bridgehead atoms. The number of nitrogens with one attached hydrogen (secondary N) is 1. The van der Waals surface area contributed by atoms with E-state index in [1.165, 1.54) is 0 Å².